The molecular weight excluding hydrogens is 248 g/mol. The molecule has 1 aliphatic heterocycles. The summed E-state index contributed by atoms with van der Waals surface area (Å²) in [6.07, 6.45) is 8.35. The molecule has 0 saturated carbocycles. The average molecular weight is 284 g/mol. The lowest BCUT2D eigenvalue weighted by Crippen LogP contribution is -2.36. The lowest BCUT2D eigenvalue weighted by molar-refractivity contribution is 0.0742. The molecule has 3 nitrogen and oxygen atoms in total. The molecule has 1 rings (SSSR count). The first-order valence-electron chi connectivity index (χ1n) is 8.60. The molecule has 1 fully saturated rings. The van der Waals surface area contributed by atoms with Gasteiger partial charge in [0.25, 0.3) is 0 Å². The fourth-order valence-corrected chi connectivity index (χ4v) is 2.73. The van der Waals surface area contributed by atoms with Gasteiger partial charge in [-0.05, 0) is 66.1 Å². The highest BCUT2D eigenvalue weighted by Gasteiger charge is 2.17. The van der Waals surface area contributed by atoms with Crippen molar-refractivity contribution in [1.82, 2.24) is 10.2 Å². The van der Waals surface area contributed by atoms with Gasteiger partial charge < -0.3 is 15.0 Å². The number of nitrogens with zero attached hydrogens (tertiary/aromatic N) is 1. The first-order chi connectivity index (χ1) is 9.51. The third-order valence-electron chi connectivity index (χ3n) is 3.99. The molecule has 0 bridgehead atoms. The highest BCUT2D eigenvalue weighted by molar-refractivity contribution is 4.71. The minimum atomic E-state index is 0.264. The second kappa shape index (κ2) is 9.75. The molecule has 1 atom stereocenters. The summed E-state index contributed by atoms with van der Waals surface area (Å²) < 4.78 is 5.73. The molecule has 1 heterocycles. The van der Waals surface area contributed by atoms with Crippen molar-refractivity contribution >= 4 is 0 Å². The van der Waals surface area contributed by atoms with E-state index in [0.29, 0.717) is 6.10 Å². The average Bonchev–Trinajstić information content (AvgIpc) is 2.87. The lowest BCUT2D eigenvalue weighted by atomic mass is 10.1. The van der Waals surface area contributed by atoms with Crippen LogP contribution in [-0.2, 0) is 4.74 Å². The van der Waals surface area contributed by atoms with Crippen molar-refractivity contribution in [3.8, 4) is 0 Å². The standard InChI is InChI=1S/C17H36N2O/c1-5-19(15-16-11-10-14-20-16)13-9-7-6-8-12-18-17(2,3)4/h16,18H,5-15H2,1-4H3. The maximum Gasteiger partial charge on any atom is 0.0702 e. The molecule has 1 N–H and O–H groups in total. The Balaban J connectivity index is 1.95. The van der Waals surface area contributed by atoms with Crippen LogP contribution in [-0.4, -0.2) is 49.3 Å². The molecule has 0 amide bonds. The minimum Gasteiger partial charge on any atom is -0.377 e. The number of nitrogens with one attached hydrogen (secondary N) is 1. The van der Waals surface area contributed by atoms with E-state index < -0.39 is 0 Å². The highest BCUT2D eigenvalue weighted by atomic mass is 16.5. The Morgan fingerprint density at radius 2 is 1.90 bits per heavy atom. The molecule has 1 aliphatic rings. The molecule has 0 aromatic rings. The van der Waals surface area contributed by atoms with Gasteiger partial charge in [-0.25, -0.2) is 0 Å². The molecule has 0 spiro atoms. The summed E-state index contributed by atoms with van der Waals surface area (Å²) in [5.74, 6) is 0. The first kappa shape index (κ1) is 17.9. The summed E-state index contributed by atoms with van der Waals surface area (Å²) in [6, 6.07) is 0. The van der Waals surface area contributed by atoms with Gasteiger partial charge in [-0.15, -0.1) is 0 Å². The molecule has 120 valence electrons. The number of hydrogen-bond donors (Lipinski definition) is 1. The van der Waals surface area contributed by atoms with Gasteiger partial charge in [-0.3, -0.25) is 0 Å². The van der Waals surface area contributed by atoms with Crippen LogP contribution in [0.1, 0.15) is 66.2 Å². The summed E-state index contributed by atoms with van der Waals surface area (Å²) in [5.41, 5.74) is 0.264. The van der Waals surface area contributed by atoms with Crippen molar-refractivity contribution in [2.75, 3.05) is 32.8 Å². The van der Waals surface area contributed by atoms with Crippen LogP contribution in [0.5, 0.6) is 0 Å². The fourth-order valence-electron chi connectivity index (χ4n) is 2.73. The van der Waals surface area contributed by atoms with Crippen molar-refractivity contribution < 1.29 is 4.74 Å². The Morgan fingerprint density at radius 3 is 2.50 bits per heavy atom. The SMILES string of the molecule is CCN(CCCCCCNC(C)(C)C)CC1CCCO1. The zero-order valence-electron chi connectivity index (χ0n) is 14.2. The van der Waals surface area contributed by atoms with Gasteiger partial charge >= 0.3 is 0 Å². The predicted octanol–water partition coefficient (Wildman–Crippen LogP) is 3.44. The number of hydrogen-bond acceptors (Lipinski definition) is 3. The summed E-state index contributed by atoms with van der Waals surface area (Å²) in [6.45, 7) is 14.6. The van der Waals surface area contributed by atoms with Crippen LogP contribution in [0, 0.1) is 0 Å². The van der Waals surface area contributed by atoms with Crippen molar-refractivity contribution in [2.24, 2.45) is 0 Å². The van der Waals surface area contributed by atoms with Crippen LogP contribution in [0.25, 0.3) is 0 Å². The van der Waals surface area contributed by atoms with Crippen molar-refractivity contribution in [2.45, 2.75) is 77.9 Å². The zero-order valence-corrected chi connectivity index (χ0v) is 14.2. The molecule has 1 saturated heterocycles. The molecule has 0 aromatic carbocycles. The molecule has 0 aliphatic carbocycles. The van der Waals surface area contributed by atoms with Crippen LogP contribution < -0.4 is 5.32 Å². The normalized spacial score (nSPS) is 19.9. The first-order valence-corrected chi connectivity index (χ1v) is 8.60. The number of ether oxygens (including phenoxy) is 1. The molecule has 1 unspecified atom stereocenters. The van der Waals surface area contributed by atoms with E-state index in [1.165, 1.54) is 45.1 Å². The quantitative estimate of drug-likeness (QED) is 0.622. The van der Waals surface area contributed by atoms with Gasteiger partial charge in [0.15, 0.2) is 0 Å². The zero-order chi connectivity index (χ0) is 14.8. The van der Waals surface area contributed by atoms with Crippen LogP contribution in [0.4, 0.5) is 0 Å². The van der Waals surface area contributed by atoms with E-state index in [2.05, 4.69) is 37.9 Å². The number of unbranched alkanes of at least 4 members (excludes halogenated alkanes) is 3. The summed E-state index contributed by atoms with van der Waals surface area (Å²) in [4.78, 5) is 2.56. The third-order valence-corrected chi connectivity index (χ3v) is 3.99. The van der Waals surface area contributed by atoms with Gasteiger partial charge in [0.1, 0.15) is 0 Å². The molecule has 3 heteroatoms. The maximum absolute atomic E-state index is 5.73. The van der Waals surface area contributed by atoms with E-state index in [0.717, 1.165) is 26.2 Å². The maximum atomic E-state index is 5.73. The van der Waals surface area contributed by atoms with Crippen LogP contribution in [0.15, 0.2) is 0 Å². The van der Waals surface area contributed by atoms with Gasteiger partial charge in [-0.1, -0.05) is 19.8 Å². The second-order valence-electron chi connectivity index (χ2n) is 7.12. The smallest absolute Gasteiger partial charge is 0.0702 e. The summed E-state index contributed by atoms with van der Waals surface area (Å²) >= 11 is 0. The Hall–Kier alpha value is -0.120. The van der Waals surface area contributed by atoms with E-state index in [4.69, 9.17) is 4.74 Å². The van der Waals surface area contributed by atoms with Gasteiger partial charge in [0, 0.05) is 18.7 Å². The minimum absolute atomic E-state index is 0.264. The molecule has 20 heavy (non-hydrogen) atoms. The number of rotatable bonds is 10. The monoisotopic (exact) mass is 284 g/mol. The lowest BCUT2D eigenvalue weighted by Gasteiger charge is -2.23. The topological polar surface area (TPSA) is 24.5 Å². The Morgan fingerprint density at radius 1 is 1.15 bits per heavy atom. The summed E-state index contributed by atoms with van der Waals surface area (Å²) in [5, 5.41) is 3.55. The van der Waals surface area contributed by atoms with Crippen molar-refractivity contribution in [1.29, 1.82) is 0 Å². The second-order valence-corrected chi connectivity index (χ2v) is 7.12. The Bertz CT molecular complexity index is 232. The third kappa shape index (κ3) is 8.93. The van der Waals surface area contributed by atoms with E-state index in [9.17, 15) is 0 Å². The van der Waals surface area contributed by atoms with E-state index in [1.807, 2.05) is 0 Å². The van der Waals surface area contributed by atoms with Gasteiger partial charge in [0.05, 0.1) is 6.10 Å². The molecule has 0 aromatic heterocycles. The van der Waals surface area contributed by atoms with E-state index in [1.54, 1.807) is 0 Å². The Labute approximate surface area is 126 Å². The van der Waals surface area contributed by atoms with Crippen molar-refractivity contribution in [3.63, 3.8) is 0 Å². The van der Waals surface area contributed by atoms with Crippen LogP contribution in [0.3, 0.4) is 0 Å². The summed E-state index contributed by atoms with van der Waals surface area (Å²) in [7, 11) is 0. The van der Waals surface area contributed by atoms with E-state index >= 15 is 0 Å². The molecule has 0 radical (unpaired) electrons. The fraction of sp³-hybridized carbons (Fsp3) is 1.00. The Kier molecular flexibility index (Phi) is 8.74. The molecular formula is C17H36N2O. The van der Waals surface area contributed by atoms with Gasteiger partial charge in [-0.2, -0.15) is 0 Å². The van der Waals surface area contributed by atoms with Crippen LogP contribution in [0.2, 0.25) is 0 Å². The largest absolute Gasteiger partial charge is 0.377 e. The van der Waals surface area contributed by atoms with Crippen LogP contribution >= 0.6 is 0 Å². The van der Waals surface area contributed by atoms with Gasteiger partial charge in [0.2, 0.25) is 0 Å². The van der Waals surface area contributed by atoms with E-state index in [-0.39, 0.29) is 5.54 Å². The number of likely N-dealkylation sites (N-methyl/N-ethyl adjacent to an activating group) is 1. The van der Waals surface area contributed by atoms with Crippen molar-refractivity contribution in [3.05, 3.63) is 0 Å². The predicted molar refractivity (Wildman–Crippen MR) is 87.3 cm³/mol. The highest BCUT2D eigenvalue weighted by Crippen LogP contribution is 2.13.